The van der Waals surface area contributed by atoms with Crippen LogP contribution >= 0.6 is 0 Å². The number of amides is 1. The van der Waals surface area contributed by atoms with Crippen molar-refractivity contribution < 1.29 is 15.3 Å². The minimum atomic E-state index is -0.148. The van der Waals surface area contributed by atoms with Gasteiger partial charge in [-0.1, -0.05) is 0 Å². The highest BCUT2D eigenvalue weighted by Gasteiger charge is 2.26. The van der Waals surface area contributed by atoms with E-state index in [9.17, 15) is 4.79 Å². The highest BCUT2D eigenvalue weighted by Crippen LogP contribution is 2.34. The highest BCUT2D eigenvalue weighted by molar-refractivity contribution is 6.06. The summed E-state index contributed by atoms with van der Waals surface area (Å²) in [6.07, 6.45) is 1.73. The van der Waals surface area contributed by atoms with E-state index < -0.39 is 0 Å². The summed E-state index contributed by atoms with van der Waals surface area (Å²) in [5, 5.41) is 6.13. The fourth-order valence-electron chi connectivity index (χ4n) is 2.29. The first-order chi connectivity index (χ1) is 8.74. The summed E-state index contributed by atoms with van der Waals surface area (Å²) in [5.41, 5.74) is 6.49. The van der Waals surface area contributed by atoms with Crippen LogP contribution in [0.25, 0.3) is 0 Å². The molecule has 0 atom stereocenters. The van der Waals surface area contributed by atoms with Gasteiger partial charge in [-0.15, -0.1) is 0 Å². The van der Waals surface area contributed by atoms with Crippen molar-refractivity contribution in [1.82, 2.24) is 5.32 Å². The minimum absolute atomic E-state index is 0.148. The SMILES string of the molecule is [NH3+]c1ccc2c(c1)NC(=O)C(=C1CCNCC1)O2. The Labute approximate surface area is 105 Å². The molecular formula is C13H16N3O2+. The molecule has 0 bridgehead atoms. The molecular weight excluding hydrogens is 230 g/mol. The number of rotatable bonds is 0. The van der Waals surface area contributed by atoms with Crippen molar-refractivity contribution in [1.29, 1.82) is 0 Å². The van der Waals surface area contributed by atoms with Crippen LogP contribution < -0.4 is 21.1 Å². The van der Waals surface area contributed by atoms with Crippen LogP contribution in [-0.4, -0.2) is 19.0 Å². The first-order valence-corrected chi connectivity index (χ1v) is 6.12. The number of ether oxygens (including phenoxy) is 1. The maximum Gasteiger partial charge on any atom is 0.291 e. The molecule has 0 saturated carbocycles. The Bertz CT molecular complexity index is 529. The van der Waals surface area contributed by atoms with Gasteiger partial charge in [-0.2, -0.15) is 0 Å². The van der Waals surface area contributed by atoms with E-state index in [4.69, 9.17) is 4.74 Å². The van der Waals surface area contributed by atoms with E-state index in [1.807, 2.05) is 18.2 Å². The molecule has 1 aromatic rings. The van der Waals surface area contributed by atoms with Crippen molar-refractivity contribution in [2.75, 3.05) is 18.4 Å². The lowest BCUT2D eigenvalue weighted by atomic mass is 10.0. The second kappa shape index (κ2) is 4.44. The number of hydrogen-bond acceptors (Lipinski definition) is 3. The van der Waals surface area contributed by atoms with Crippen molar-refractivity contribution in [3.63, 3.8) is 0 Å². The summed E-state index contributed by atoms with van der Waals surface area (Å²) >= 11 is 0. The molecule has 1 amide bonds. The number of quaternary nitrogens is 1. The number of carbonyl (C=O) groups excluding carboxylic acids is 1. The van der Waals surface area contributed by atoms with Gasteiger partial charge in [0.2, 0.25) is 0 Å². The van der Waals surface area contributed by atoms with E-state index >= 15 is 0 Å². The molecule has 1 saturated heterocycles. The quantitative estimate of drug-likeness (QED) is 0.584. The van der Waals surface area contributed by atoms with E-state index in [1.54, 1.807) is 0 Å². The molecule has 94 valence electrons. The van der Waals surface area contributed by atoms with E-state index in [0.29, 0.717) is 17.2 Å². The average Bonchev–Trinajstić information content (AvgIpc) is 2.39. The van der Waals surface area contributed by atoms with Crippen LogP contribution in [0, 0.1) is 0 Å². The Hall–Kier alpha value is -1.85. The van der Waals surface area contributed by atoms with Gasteiger partial charge < -0.3 is 21.1 Å². The molecule has 2 heterocycles. The Kier molecular flexibility index (Phi) is 2.77. The lowest BCUT2D eigenvalue weighted by Crippen LogP contribution is -2.40. The fourth-order valence-corrected chi connectivity index (χ4v) is 2.29. The zero-order valence-electron chi connectivity index (χ0n) is 10.1. The Morgan fingerprint density at radius 1 is 1.22 bits per heavy atom. The van der Waals surface area contributed by atoms with E-state index in [0.717, 1.165) is 37.2 Å². The van der Waals surface area contributed by atoms with Crippen LogP contribution in [0.2, 0.25) is 0 Å². The summed E-state index contributed by atoms with van der Waals surface area (Å²) < 4.78 is 5.75. The van der Waals surface area contributed by atoms with Crippen molar-refractivity contribution in [2.45, 2.75) is 12.8 Å². The number of fused-ring (bicyclic) bond motifs is 1. The molecule has 18 heavy (non-hydrogen) atoms. The molecule has 0 radical (unpaired) electrons. The summed E-state index contributed by atoms with van der Waals surface area (Å²) in [6, 6.07) is 5.54. The molecule has 5 heteroatoms. The zero-order chi connectivity index (χ0) is 12.5. The first kappa shape index (κ1) is 11.3. The molecule has 3 rings (SSSR count). The largest absolute Gasteiger partial charge is 0.449 e. The van der Waals surface area contributed by atoms with E-state index in [1.165, 1.54) is 0 Å². The molecule has 5 N–H and O–H groups in total. The smallest absolute Gasteiger partial charge is 0.291 e. The summed E-state index contributed by atoms with van der Waals surface area (Å²) in [6.45, 7) is 1.81. The van der Waals surface area contributed by atoms with Gasteiger partial charge in [0.05, 0.1) is 5.69 Å². The molecule has 0 aliphatic carbocycles. The number of carbonyl (C=O) groups is 1. The monoisotopic (exact) mass is 246 g/mol. The van der Waals surface area contributed by atoms with Crippen molar-refractivity contribution in [3.05, 3.63) is 29.5 Å². The van der Waals surface area contributed by atoms with Crippen LogP contribution in [0.4, 0.5) is 11.4 Å². The maximum atomic E-state index is 12.0. The van der Waals surface area contributed by atoms with Gasteiger partial charge in [0, 0.05) is 12.1 Å². The van der Waals surface area contributed by atoms with Crippen LogP contribution in [0.5, 0.6) is 5.75 Å². The van der Waals surface area contributed by atoms with Gasteiger partial charge in [-0.3, -0.25) is 4.79 Å². The Morgan fingerprint density at radius 2 is 2.00 bits per heavy atom. The number of piperidine rings is 1. The van der Waals surface area contributed by atoms with Crippen LogP contribution in [0.1, 0.15) is 12.8 Å². The topological polar surface area (TPSA) is 78.0 Å². The third kappa shape index (κ3) is 1.98. The van der Waals surface area contributed by atoms with E-state index in [-0.39, 0.29) is 5.91 Å². The Balaban J connectivity index is 1.96. The highest BCUT2D eigenvalue weighted by atomic mass is 16.5. The molecule has 5 nitrogen and oxygen atoms in total. The number of benzene rings is 1. The van der Waals surface area contributed by atoms with Crippen LogP contribution in [0.3, 0.4) is 0 Å². The summed E-state index contributed by atoms with van der Waals surface area (Å²) in [7, 11) is 0. The minimum Gasteiger partial charge on any atom is -0.449 e. The van der Waals surface area contributed by atoms with Gasteiger partial charge >= 0.3 is 0 Å². The summed E-state index contributed by atoms with van der Waals surface area (Å²) in [5.74, 6) is 1.02. The molecule has 0 unspecified atom stereocenters. The zero-order valence-corrected chi connectivity index (χ0v) is 10.1. The molecule has 2 aliphatic rings. The standard InChI is InChI=1S/C13H15N3O2/c14-9-1-2-11-10(7-9)16-13(17)12(18-11)8-3-5-15-6-4-8/h1-2,7,15H,3-6,14H2,(H,16,17)/p+1. The lowest BCUT2D eigenvalue weighted by Gasteiger charge is -2.24. The van der Waals surface area contributed by atoms with Gasteiger partial charge in [0.15, 0.2) is 11.5 Å². The second-order valence-electron chi connectivity index (χ2n) is 4.57. The van der Waals surface area contributed by atoms with Crippen LogP contribution in [0.15, 0.2) is 29.5 Å². The summed E-state index contributed by atoms with van der Waals surface area (Å²) in [4.78, 5) is 12.0. The molecule has 0 spiro atoms. The fraction of sp³-hybridized carbons (Fsp3) is 0.308. The van der Waals surface area contributed by atoms with Gasteiger partial charge in [0.25, 0.3) is 5.91 Å². The number of nitrogens with one attached hydrogen (secondary N) is 2. The molecule has 2 aliphatic heterocycles. The molecule has 0 aromatic heterocycles. The number of anilines is 1. The molecule has 1 fully saturated rings. The van der Waals surface area contributed by atoms with Crippen LogP contribution in [-0.2, 0) is 4.79 Å². The predicted molar refractivity (Wildman–Crippen MR) is 67.4 cm³/mol. The maximum absolute atomic E-state index is 12.0. The van der Waals surface area contributed by atoms with Gasteiger partial charge in [0.1, 0.15) is 5.69 Å². The van der Waals surface area contributed by atoms with Gasteiger partial charge in [-0.05, 0) is 37.6 Å². The lowest BCUT2D eigenvalue weighted by molar-refractivity contribution is -0.254. The van der Waals surface area contributed by atoms with Gasteiger partial charge in [-0.25, -0.2) is 0 Å². The Morgan fingerprint density at radius 3 is 2.78 bits per heavy atom. The average molecular weight is 246 g/mol. The van der Waals surface area contributed by atoms with Crippen molar-refractivity contribution in [3.8, 4) is 5.75 Å². The number of hydrogen-bond donors (Lipinski definition) is 3. The van der Waals surface area contributed by atoms with Crippen molar-refractivity contribution in [2.24, 2.45) is 0 Å². The third-order valence-electron chi connectivity index (χ3n) is 3.24. The molecule has 1 aromatic carbocycles. The predicted octanol–water partition coefficient (Wildman–Crippen LogP) is 0.528. The van der Waals surface area contributed by atoms with Crippen molar-refractivity contribution >= 4 is 17.3 Å². The first-order valence-electron chi connectivity index (χ1n) is 6.12. The third-order valence-corrected chi connectivity index (χ3v) is 3.24. The second-order valence-corrected chi connectivity index (χ2v) is 4.57. The normalized spacial score (nSPS) is 19.1. The van der Waals surface area contributed by atoms with E-state index in [2.05, 4.69) is 16.4 Å².